The van der Waals surface area contributed by atoms with E-state index < -0.39 is 5.97 Å². The number of halogens is 1. The predicted octanol–water partition coefficient (Wildman–Crippen LogP) is 3.35. The molecule has 2 rings (SSSR count). The van der Waals surface area contributed by atoms with E-state index in [1.807, 2.05) is 6.92 Å². The van der Waals surface area contributed by atoms with Crippen molar-refractivity contribution in [3.8, 4) is 0 Å². The number of hydrogen-bond acceptors (Lipinski definition) is 2. The van der Waals surface area contributed by atoms with Crippen molar-refractivity contribution in [1.82, 2.24) is 4.98 Å². The van der Waals surface area contributed by atoms with Gasteiger partial charge in [-0.3, -0.25) is 0 Å². The topological polar surface area (TPSA) is 42.1 Å². The van der Waals surface area contributed by atoms with Crippen molar-refractivity contribution in [3.63, 3.8) is 0 Å². The third-order valence-corrected chi connectivity index (χ3v) is 3.10. The molecule has 0 spiro atoms. The lowest BCUT2D eigenvalue weighted by molar-refractivity contribution is 0.0520. The first-order valence-electron chi connectivity index (χ1n) is 6.06. The van der Waals surface area contributed by atoms with Gasteiger partial charge in [-0.1, -0.05) is 6.92 Å². The summed E-state index contributed by atoms with van der Waals surface area (Å²) in [5.41, 5.74) is 2.57. The van der Waals surface area contributed by atoms with Gasteiger partial charge in [0.15, 0.2) is 0 Å². The molecule has 0 atom stereocenters. The van der Waals surface area contributed by atoms with Crippen LogP contribution in [0, 0.1) is 12.7 Å². The zero-order valence-electron chi connectivity index (χ0n) is 10.8. The molecule has 0 amide bonds. The number of hydrogen-bond donors (Lipinski definition) is 1. The number of fused-ring (bicyclic) bond motifs is 1. The van der Waals surface area contributed by atoms with Crippen LogP contribution in [-0.2, 0) is 11.2 Å². The van der Waals surface area contributed by atoms with Gasteiger partial charge < -0.3 is 9.72 Å². The molecule has 0 saturated carbocycles. The van der Waals surface area contributed by atoms with Crippen LogP contribution in [0.4, 0.5) is 4.39 Å². The Morgan fingerprint density at radius 2 is 2.11 bits per heavy atom. The first-order valence-corrected chi connectivity index (χ1v) is 6.06. The largest absolute Gasteiger partial charge is 0.461 e. The minimum Gasteiger partial charge on any atom is -0.461 e. The van der Waals surface area contributed by atoms with Crippen LogP contribution >= 0.6 is 0 Å². The minimum absolute atomic E-state index is 0.253. The summed E-state index contributed by atoms with van der Waals surface area (Å²) in [6, 6.07) is 3.16. The molecule has 0 aliphatic heterocycles. The maximum absolute atomic E-state index is 13.7. The summed E-state index contributed by atoms with van der Waals surface area (Å²) in [5.74, 6) is -0.662. The molecule has 0 aliphatic carbocycles. The van der Waals surface area contributed by atoms with Crippen molar-refractivity contribution in [3.05, 3.63) is 34.8 Å². The molecule has 0 saturated heterocycles. The number of aromatic amines is 1. The molecule has 0 unspecified atom stereocenters. The van der Waals surface area contributed by atoms with Crippen molar-refractivity contribution < 1.29 is 13.9 Å². The van der Waals surface area contributed by atoms with Crippen LogP contribution in [0.3, 0.4) is 0 Å². The molecular weight excluding hydrogens is 233 g/mol. The second-order valence-electron chi connectivity index (χ2n) is 4.18. The third-order valence-electron chi connectivity index (χ3n) is 3.10. The summed E-state index contributed by atoms with van der Waals surface area (Å²) in [6.45, 7) is 5.80. The van der Waals surface area contributed by atoms with Crippen LogP contribution in [0.15, 0.2) is 12.1 Å². The van der Waals surface area contributed by atoms with Gasteiger partial charge in [0.05, 0.1) is 6.61 Å². The van der Waals surface area contributed by atoms with Gasteiger partial charge in [-0.25, -0.2) is 9.18 Å². The maximum atomic E-state index is 13.7. The quantitative estimate of drug-likeness (QED) is 0.847. The Morgan fingerprint density at radius 3 is 2.72 bits per heavy atom. The van der Waals surface area contributed by atoms with Crippen molar-refractivity contribution in [2.75, 3.05) is 6.61 Å². The Hall–Kier alpha value is -1.84. The molecule has 0 fully saturated rings. The number of rotatable bonds is 3. The molecule has 18 heavy (non-hydrogen) atoms. The Labute approximate surface area is 105 Å². The van der Waals surface area contributed by atoms with Crippen LogP contribution in [0.1, 0.15) is 35.5 Å². The zero-order chi connectivity index (χ0) is 13.3. The van der Waals surface area contributed by atoms with Crippen LogP contribution in [0.2, 0.25) is 0 Å². The monoisotopic (exact) mass is 249 g/mol. The van der Waals surface area contributed by atoms with Gasteiger partial charge in [0, 0.05) is 10.9 Å². The highest BCUT2D eigenvalue weighted by Gasteiger charge is 2.15. The summed E-state index contributed by atoms with van der Waals surface area (Å²) in [6.07, 6.45) is 0.722. The van der Waals surface area contributed by atoms with Crippen molar-refractivity contribution in [2.45, 2.75) is 27.2 Å². The lowest BCUT2D eigenvalue weighted by Gasteiger charge is -2.05. The van der Waals surface area contributed by atoms with Crippen LogP contribution in [0.5, 0.6) is 0 Å². The van der Waals surface area contributed by atoms with E-state index in [1.54, 1.807) is 19.9 Å². The summed E-state index contributed by atoms with van der Waals surface area (Å²) in [7, 11) is 0. The molecule has 4 heteroatoms. The van der Waals surface area contributed by atoms with Gasteiger partial charge in [-0.05, 0) is 43.5 Å². The van der Waals surface area contributed by atoms with E-state index in [0.717, 1.165) is 17.4 Å². The molecule has 0 radical (unpaired) electrons. The average Bonchev–Trinajstić information content (AvgIpc) is 2.74. The molecule has 2 aromatic rings. The normalized spacial score (nSPS) is 10.9. The second kappa shape index (κ2) is 4.80. The number of benzene rings is 1. The summed E-state index contributed by atoms with van der Waals surface area (Å²) in [4.78, 5) is 14.5. The molecule has 96 valence electrons. The Kier molecular flexibility index (Phi) is 3.36. The lowest BCUT2D eigenvalue weighted by Crippen LogP contribution is -2.04. The van der Waals surface area contributed by atoms with Crippen LogP contribution < -0.4 is 0 Å². The van der Waals surface area contributed by atoms with E-state index in [-0.39, 0.29) is 5.82 Å². The SMILES string of the molecule is CCOC(=O)c1cc2c(CC)c(C)c(F)cc2[nH]1. The number of ether oxygens (including phenoxy) is 1. The van der Waals surface area contributed by atoms with E-state index >= 15 is 0 Å². The second-order valence-corrected chi connectivity index (χ2v) is 4.18. The number of esters is 1. The van der Waals surface area contributed by atoms with Crippen molar-refractivity contribution in [1.29, 1.82) is 0 Å². The first kappa shape index (κ1) is 12.6. The fourth-order valence-electron chi connectivity index (χ4n) is 2.19. The number of nitrogens with one attached hydrogen (secondary N) is 1. The Morgan fingerprint density at radius 1 is 1.39 bits per heavy atom. The highest BCUT2D eigenvalue weighted by atomic mass is 19.1. The summed E-state index contributed by atoms with van der Waals surface area (Å²) in [5, 5.41) is 0.888. The van der Waals surface area contributed by atoms with Gasteiger partial charge in [0.1, 0.15) is 11.5 Å². The highest BCUT2D eigenvalue weighted by Crippen LogP contribution is 2.26. The van der Waals surface area contributed by atoms with Gasteiger partial charge >= 0.3 is 5.97 Å². The minimum atomic E-state index is -0.409. The van der Waals surface area contributed by atoms with Gasteiger partial charge in [-0.2, -0.15) is 0 Å². The van der Waals surface area contributed by atoms with E-state index in [0.29, 0.717) is 23.4 Å². The number of H-pyrrole nitrogens is 1. The van der Waals surface area contributed by atoms with Crippen LogP contribution in [-0.4, -0.2) is 17.6 Å². The van der Waals surface area contributed by atoms with Crippen molar-refractivity contribution in [2.24, 2.45) is 0 Å². The highest BCUT2D eigenvalue weighted by molar-refractivity contribution is 5.96. The first-order chi connectivity index (χ1) is 8.58. The van der Waals surface area contributed by atoms with E-state index in [9.17, 15) is 9.18 Å². The molecule has 1 heterocycles. The molecule has 1 N–H and O–H groups in total. The Bertz CT molecular complexity index is 601. The fraction of sp³-hybridized carbons (Fsp3) is 0.357. The zero-order valence-corrected chi connectivity index (χ0v) is 10.8. The number of carbonyl (C=O) groups is 1. The smallest absolute Gasteiger partial charge is 0.354 e. The molecule has 1 aromatic carbocycles. The molecular formula is C14H16FNO2. The predicted molar refractivity (Wildman–Crippen MR) is 68.3 cm³/mol. The van der Waals surface area contributed by atoms with E-state index in [4.69, 9.17) is 4.74 Å². The van der Waals surface area contributed by atoms with Gasteiger partial charge in [-0.15, -0.1) is 0 Å². The fourth-order valence-corrected chi connectivity index (χ4v) is 2.19. The van der Waals surface area contributed by atoms with Gasteiger partial charge in [0.25, 0.3) is 0 Å². The number of aromatic nitrogens is 1. The summed E-state index contributed by atoms with van der Waals surface area (Å²) < 4.78 is 18.6. The number of carbonyl (C=O) groups excluding carboxylic acids is 1. The standard InChI is InChI=1S/C14H16FNO2/c1-4-9-8(3)11(15)7-12-10(9)6-13(16-12)14(17)18-5-2/h6-7,16H,4-5H2,1-3H3. The number of aryl methyl sites for hydroxylation is 1. The third kappa shape index (κ3) is 1.98. The van der Waals surface area contributed by atoms with Crippen LogP contribution in [0.25, 0.3) is 10.9 Å². The molecule has 3 nitrogen and oxygen atoms in total. The van der Waals surface area contributed by atoms with Gasteiger partial charge in [0.2, 0.25) is 0 Å². The lowest BCUT2D eigenvalue weighted by atomic mass is 10.0. The molecule has 1 aromatic heterocycles. The summed E-state index contributed by atoms with van der Waals surface area (Å²) >= 11 is 0. The Balaban J connectivity index is 2.61. The molecule has 0 aliphatic rings. The average molecular weight is 249 g/mol. The maximum Gasteiger partial charge on any atom is 0.354 e. The van der Waals surface area contributed by atoms with E-state index in [1.165, 1.54) is 6.07 Å². The molecule has 0 bridgehead atoms. The van der Waals surface area contributed by atoms with Crippen molar-refractivity contribution >= 4 is 16.9 Å². The van der Waals surface area contributed by atoms with E-state index in [2.05, 4.69) is 4.98 Å².